The molecule has 6 heteroatoms. The first kappa shape index (κ1) is 25.7. The molecular formula is C31H25ClO5. The lowest BCUT2D eigenvalue weighted by atomic mass is 10.1. The minimum atomic E-state index is -0.563. The third kappa shape index (κ3) is 7.82. The first-order valence-electron chi connectivity index (χ1n) is 11.7. The van der Waals surface area contributed by atoms with Crippen molar-refractivity contribution in [2.24, 2.45) is 0 Å². The number of benzene rings is 4. The highest BCUT2D eigenvalue weighted by Gasteiger charge is 2.14. The lowest BCUT2D eigenvalue weighted by Gasteiger charge is -2.13. The summed E-state index contributed by atoms with van der Waals surface area (Å²) < 4.78 is 16.9. The Morgan fingerprint density at radius 3 is 2.30 bits per heavy atom. The maximum Gasteiger partial charge on any atom is 0.343 e. The number of aryl methyl sites for hydroxylation is 1. The van der Waals surface area contributed by atoms with Crippen LogP contribution >= 0.6 is 11.6 Å². The molecule has 0 aliphatic carbocycles. The lowest BCUT2D eigenvalue weighted by molar-refractivity contribution is -0.137. The van der Waals surface area contributed by atoms with E-state index in [1.165, 1.54) is 6.08 Å². The van der Waals surface area contributed by atoms with Gasteiger partial charge in [-0.3, -0.25) is 0 Å². The first-order valence-corrected chi connectivity index (χ1v) is 12.1. The van der Waals surface area contributed by atoms with Crippen LogP contribution in [0, 0.1) is 6.92 Å². The topological polar surface area (TPSA) is 61.8 Å². The number of carbonyl (C=O) groups excluding carboxylic acids is 2. The summed E-state index contributed by atoms with van der Waals surface area (Å²) in [6, 6.07) is 28.8. The van der Waals surface area contributed by atoms with Gasteiger partial charge in [0.15, 0.2) is 11.5 Å². The van der Waals surface area contributed by atoms with E-state index in [-0.39, 0.29) is 12.4 Å². The van der Waals surface area contributed by atoms with Crippen molar-refractivity contribution < 1.29 is 23.8 Å². The van der Waals surface area contributed by atoms with Crippen LogP contribution in [0.2, 0.25) is 5.02 Å². The van der Waals surface area contributed by atoms with Gasteiger partial charge in [-0.05, 0) is 72.7 Å². The van der Waals surface area contributed by atoms with Crippen molar-refractivity contribution >= 4 is 29.6 Å². The van der Waals surface area contributed by atoms with Gasteiger partial charge < -0.3 is 14.2 Å². The fourth-order valence-corrected chi connectivity index (χ4v) is 3.52. The molecule has 5 nitrogen and oxygen atoms in total. The highest BCUT2D eigenvalue weighted by Crippen LogP contribution is 2.34. The van der Waals surface area contributed by atoms with E-state index in [0.29, 0.717) is 34.1 Å². The van der Waals surface area contributed by atoms with Crippen LogP contribution in [0.25, 0.3) is 6.08 Å². The number of hydrogen-bond donors (Lipinski definition) is 0. The van der Waals surface area contributed by atoms with Crippen molar-refractivity contribution in [1.82, 2.24) is 0 Å². The summed E-state index contributed by atoms with van der Waals surface area (Å²) in [4.78, 5) is 25.0. The zero-order chi connectivity index (χ0) is 26.0. The molecule has 0 unspecified atom stereocenters. The zero-order valence-electron chi connectivity index (χ0n) is 20.2. The van der Waals surface area contributed by atoms with Crippen molar-refractivity contribution in [2.45, 2.75) is 13.3 Å². The second-order valence-electron chi connectivity index (χ2n) is 8.25. The first-order chi connectivity index (χ1) is 18.0. The Labute approximate surface area is 220 Å². The van der Waals surface area contributed by atoms with Gasteiger partial charge >= 0.3 is 11.9 Å². The largest absolute Gasteiger partial charge is 0.462 e. The van der Waals surface area contributed by atoms with E-state index in [9.17, 15) is 9.59 Å². The molecule has 0 radical (unpaired) electrons. The van der Waals surface area contributed by atoms with Gasteiger partial charge in [0.25, 0.3) is 0 Å². The predicted molar refractivity (Wildman–Crippen MR) is 144 cm³/mol. The van der Waals surface area contributed by atoms with Crippen LogP contribution in [0.3, 0.4) is 0 Å². The SMILES string of the molecule is Cc1ccc(Oc2ccc(/C=C\C(=O)OCCc3ccccc3)cc2OC(=O)c2ccc(Cl)cc2)cc1. The van der Waals surface area contributed by atoms with Crippen LogP contribution in [0.15, 0.2) is 103 Å². The molecule has 0 bridgehead atoms. The van der Waals surface area contributed by atoms with E-state index >= 15 is 0 Å². The van der Waals surface area contributed by atoms with E-state index in [4.69, 9.17) is 25.8 Å². The standard InChI is InChI=1S/C31H25ClO5/c1-22-7-15-27(16-8-22)36-28-17-9-24(10-18-30(33)35-20-19-23-5-3-2-4-6-23)21-29(28)37-31(34)25-11-13-26(32)14-12-25/h2-18,21H,19-20H2,1H3/b18-10-. The van der Waals surface area contributed by atoms with Gasteiger partial charge in [0.05, 0.1) is 12.2 Å². The molecule has 0 amide bonds. The molecule has 186 valence electrons. The maximum atomic E-state index is 12.8. The Morgan fingerprint density at radius 2 is 1.57 bits per heavy atom. The van der Waals surface area contributed by atoms with Crippen molar-refractivity contribution in [1.29, 1.82) is 0 Å². The number of hydrogen-bond acceptors (Lipinski definition) is 5. The molecule has 0 aromatic heterocycles. The average Bonchev–Trinajstić information content (AvgIpc) is 2.91. The van der Waals surface area contributed by atoms with Gasteiger partial charge in [-0.1, -0.05) is 65.7 Å². The van der Waals surface area contributed by atoms with Gasteiger partial charge in [-0.25, -0.2) is 9.59 Å². The normalized spacial score (nSPS) is 10.8. The average molecular weight is 513 g/mol. The summed E-state index contributed by atoms with van der Waals surface area (Å²) in [6.45, 7) is 2.26. The molecule has 4 aromatic rings. The number of esters is 2. The fraction of sp³-hybridized carbons (Fsp3) is 0.0968. The highest BCUT2D eigenvalue weighted by atomic mass is 35.5. The van der Waals surface area contributed by atoms with Crippen LogP contribution in [-0.2, 0) is 16.0 Å². The minimum Gasteiger partial charge on any atom is -0.462 e. The Balaban J connectivity index is 1.48. The second kappa shape index (κ2) is 12.6. The maximum absolute atomic E-state index is 12.8. The number of carbonyl (C=O) groups is 2. The summed E-state index contributed by atoms with van der Waals surface area (Å²) in [5, 5.41) is 0.516. The molecule has 0 spiro atoms. The molecule has 0 fully saturated rings. The molecule has 0 aliphatic heterocycles. The zero-order valence-corrected chi connectivity index (χ0v) is 21.0. The second-order valence-corrected chi connectivity index (χ2v) is 8.69. The van der Waals surface area contributed by atoms with Crippen LogP contribution in [0.5, 0.6) is 17.2 Å². The molecule has 0 aliphatic rings. The van der Waals surface area contributed by atoms with E-state index < -0.39 is 11.9 Å². The van der Waals surface area contributed by atoms with E-state index in [2.05, 4.69) is 0 Å². The van der Waals surface area contributed by atoms with Crippen LogP contribution < -0.4 is 9.47 Å². The van der Waals surface area contributed by atoms with Gasteiger partial charge in [-0.2, -0.15) is 0 Å². The molecular weight excluding hydrogens is 488 g/mol. The third-order valence-electron chi connectivity index (χ3n) is 5.39. The molecule has 0 saturated heterocycles. The van der Waals surface area contributed by atoms with Gasteiger partial charge in [0.2, 0.25) is 0 Å². The van der Waals surface area contributed by atoms with Crippen molar-refractivity contribution in [2.75, 3.05) is 6.61 Å². The van der Waals surface area contributed by atoms with E-state index in [1.807, 2.05) is 61.5 Å². The quantitative estimate of drug-likeness (QED) is 0.132. The highest BCUT2D eigenvalue weighted by molar-refractivity contribution is 6.30. The Hall–Kier alpha value is -4.35. The van der Waals surface area contributed by atoms with Crippen molar-refractivity contribution in [3.05, 3.63) is 130 Å². The van der Waals surface area contributed by atoms with Crippen molar-refractivity contribution in [3.8, 4) is 17.2 Å². The number of halogens is 1. The fourth-order valence-electron chi connectivity index (χ4n) is 3.40. The summed E-state index contributed by atoms with van der Waals surface area (Å²) >= 11 is 5.93. The monoisotopic (exact) mass is 512 g/mol. The molecule has 4 rings (SSSR count). The number of rotatable bonds is 9. The Bertz CT molecular complexity index is 1380. The van der Waals surface area contributed by atoms with Gasteiger partial charge in [-0.15, -0.1) is 0 Å². The minimum absolute atomic E-state index is 0.208. The summed E-state index contributed by atoms with van der Waals surface area (Å²) in [5.74, 6) is 0.135. The summed E-state index contributed by atoms with van der Waals surface area (Å²) in [5.41, 5.74) is 3.16. The van der Waals surface area contributed by atoms with Gasteiger partial charge in [0, 0.05) is 17.5 Å². The molecule has 0 atom stereocenters. The predicted octanol–water partition coefficient (Wildman–Crippen LogP) is 7.46. The van der Waals surface area contributed by atoms with Crippen LogP contribution in [0.1, 0.15) is 27.0 Å². The summed E-state index contributed by atoms with van der Waals surface area (Å²) in [6.07, 6.45) is 3.57. The molecule has 0 N–H and O–H groups in total. The van der Waals surface area contributed by atoms with Crippen LogP contribution in [0.4, 0.5) is 0 Å². The Morgan fingerprint density at radius 1 is 0.838 bits per heavy atom. The molecule has 0 heterocycles. The lowest BCUT2D eigenvalue weighted by Crippen LogP contribution is -2.09. The van der Waals surface area contributed by atoms with Crippen LogP contribution in [-0.4, -0.2) is 18.5 Å². The molecule has 0 saturated carbocycles. The third-order valence-corrected chi connectivity index (χ3v) is 5.64. The summed E-state index contributed by atoms with van der Waals surface area (Å²) in [7, 11) is 0. The molecule has 37 heavy (non-hydrogen) atoms. The molecule has 4 aromatic carbocycles. The van der Waals surface area contributed by atoms with E-state index in [1.54, 1.807) is 48.5 Å². The number of ether oxygens (including phenoxy) is 3. The van der Waals surface area contributed by atoms with Crippen molar-refractivity contribution in [3.63, 3.8) is 0 Å². The van der Waals surface area contributed by atoms with Gasteiger partial charge in [0.1, 0.15) is 5.75 Å². The smallest absolute Gasteiger partial charge is 0.343 e. The Kier molecular flexibility index (Phi) is 8.74. The van der Waals surface area contributed by atoms with E-state index in [0.717, 1.165) is 11.1 Å².